The second-order valence-corrected chi connectivity index (χ2v) is 4.94. The standard InChI is InChI=1S/C15H18N4/c1-11-6-7-12-4-2-3-5-14(12)19(11)15-17-9-8-13(10-16)18-15/h2-5,8-9,11H,6-7,10,16H2,1H3. The maximum atomic E-state index is 5.67. The van der Waals surface area contributed by atoms with Gasteiger partial charge in [-0.2, -0.15) is 0 Å². The second-order valence-electron chi connectivity index (χ2n) is 4.94. The van der Waals surface area contributed by atoms with Crippen molar-refractivity contribution in [1.29, 1.82) is 0 Å². The third-order valence-electron chi connectivity index (χ3n) is 3.65. The Morgan fingerprint density at radius 3 is 3.00 bits per heavy atom. The van der Waals surface area contributed by atoms with Crippen molar-refractivity contribution in [3.8, 4) is 0 Å². The van der Waals surface area contributed by atoms with Crippen molar-refractivity contribution < 1.29 is 0 Å². The maximum Gasteiger partial charge on any atom is 0.230 e. The number of para-hydroxylation sites is 1. The van der Waals surface area contributed by atoms with Gasteiger partial charge in [-0.05, 0) is 37.5 Å². The number of aryl methyl sites for hydroxylation is 1. The van der Waals surface area contributed by atoms with E-state index in [0.29, 0.717) is 12.6 Å². The lowest BCUT2D eigenvalue weighted by molar-refractivity contribution is 0.606. The van der Waals surface area contributed by atoms with Crippen LogP contribution in [0.4, 0.5) is 11.6 Å². The van der Waals surface area contributed by atoms with E-state index in [0.717, 1.165) is 24.5 Å². The number of aromatic nitrogens is 2. The summed E-state index contributed by atoms with van der Waals surface area (Å²) in [5.74, 6) is 0.752. The van der Waals surface area contributed by atoms with E-state index in [1.807, 2.05) is 6.07 Å². The maximum absolute atomic E-state index is 5.67. The Morgan fingerprint density at radius 1 is 1.32 bits per heavy atom. The molecule has 1 aromatic carbocycles. The first-order valence-corrected chi connectivity index (χ1v) is 6.68. The van der Waals surface area contributed by atoms with Crippen molar-refractivity contribution in [3.05, 3.63) is 47.8 Å². The van der Waals surface area contributed by atoms with Crippen LogP contribution in [0.5, 0.6) is 0 Å². The van der Waals surface area contributed by atoms with E-state index < -0.39 is 0 Å². The quantitative estimate of drug-likeness (QED) is 0.894. The molecule has 1 aliphatic heterocycles. The Balaban J connectivity index is 2.07. The van der Waals surface area contributed by atoms with Crippen molar-refractivity contribution in [1.82, 2.24) is 9.97 Å². The largest absolute Gasteiger partial charge is 0.325 e. The van der Waals surface area contributed by atoms with Crippen LogP contribution < -0.4 is 10.6 Å². The van der Waals surface area contributed by atoms with Gasteiger partial charge in [0.1, 0.15) is 0 Å². The Morgan fingerprint density at radius 2 is 2.16 bits per heavy atom. The third-order valence-corrected chi connectivity index (χ3v) is 3.65. The molecule has 0 saturated heterocycles. The van der Waals surface area contributed by atoms with Gasteiger partial charge >= 0.3 is 0 Å². The number of benzene rings is 1. The number of hydrogen-bond donors (Lipinski definition) is 1. The zero-order valence-corrected chi connectivity index (χ0v) is 11.1. The summed E-state index contributed by atoms with van der Waals surface area (Å²) in [5.41, 5.74) is 9.13. The van der Waals surface area contributed by atoms with Crippen LogP contribution in [0.15, 0.2) is 36.5 Å². The topological polar surface area (TPSA) is 55.0 Å². The fourth-order valence-corrected chi connectivity index (χ4v) is 2.61. The molecule has 2 N–H and O–H groups in total. The molecule has 1 unspecified atom stereocenters. The Bertz CT molecular complexity index is 582. The van der Waals surface area contributed by atoms with Gasteiger partial charge in [0.15, 0.2) is 0 Å². The molecule has 2 heterocycles. The summed E-state index contributed by atoms with van der Waals surface area (Å²) in [6, 6.07) is 10.7. The summed E-state index contributed by atoms with van der Waals surface area (Å²) in [6.45, 7) is 2.66. The highest BCUT2D eigenvalue weighted by atomic mass is 15.3. The molecule has 1 atom stereocenters. The van der Waals surface area contributed by atoms with E-state index in [2.05, 4.69) is 46.1 Å². The first kappa shape index (κ1) is 12.1. The van der Waals surface area contributed by atoms with E-state index in [4.69, 9.17) is 5.73 Å². The smallest absolute Gasteiger partial charge is 0.230 e. The Kier molecular flexibility index (Phi) is 3.17. The fraction of sp³-hybridized carbons (Fsp3) is 0.333. The van der Waals surface area contributed by atoms with Crippen LogP contribution in [0.25, 0.3) is 0 Å². The lowest BCUT2D eigenvalue weighted by Gasteiger charge is -2.35. The molecule has 1 aliphatic rings. The Labute approximate surface area is 113 Å². The fourth-order valence-electron chi connectivity index (χ4n) is 2.61. The molecule has 19 heavy (non-hydrogen) atoms. The van der Waals surface area contributed by atoms with E-state index in [-0.39, 0.29) is 0 Å². The molecule has 0 aliphatic carbocycles. The van der Waals surface area contributed by atoms with E-state index in [1.165, 1.54) is 11.3 Å². The molecule has 0 fully saturated rings. The molecule has 0 bridgehead atoms. The van der Waals surface area contributed by atoms with E-state index >= 15 is 0 Å². The lowest BCUT2D eigenvalue weighted by Crippen LogP contribution is -2.34. The number of rotatable bonds is 2. The van der Waals surface area contributed by atoms with Gasteiger partial charge in [-0.3, -0.25) is 0 Å². The zero-order chi connectivity index (χ0) is 13.2. The van der Waals surface area contributed by atoms with Crippen LogP contribution >= 0.6 is 0 Å². The number of anilines is 2. The van der Waals surface area contributed by atoms with Gasteiger partial charge in [0.05, 0.1) is 5.69 Å². The minimum absolute atomic E-state index is 0.405. The summed E-state index contributed by atoms with van der Waals surface area (Å²) in [5, 5.41) is 0. The first-order chi connectivity index (χ1) is 9.29. The molecular weight excluding hydrogens is 236 g/mol. The van der Waals surface area contributed by atoms with Crippen molar-refractivity contribution in [2.24, 2.45) is 5.73 Å². The Hall–Kier alpha value is -1.94. The molecule has 98 valence electrons. The van der Waals surface area contributed by atoms with Gasteiger partial charge in [-0.1, -0.05) is 18.2 Å². The van der Waals surface area contributed by atoms with Gasteiger partial charge in [0, 0.05) is 24.5 Å². The van der Waals surface area contributed by atoms with E-state index in [9.17, 15) is 0 Å². The molecule has 2 aromatic rings. The molecule has 0 radical (unpaired) electrons. The number of fused-ring (bicyclic) bond motifs is 1. The summed E-state index contributed by atoms with van der Waals surface area (Å²) < 4.78 is 0. The average Bonchev–Trinajstić information content (AvgIpc) is 2.47. The number of nitrogens with two attached hydrogens (primary N) is 1. The monoisotopic (exact) mass is 254 g/mol. The molecule has 4 heteroatoms. The minimum Gasteiger partial charge on any atom is -0.325 e. The van der Waals surface area contributed by atoms with Crippen LogP contribution in [0, 0.1) is 0 Å². The molecule has 3 rings (SSSR count). The highest BCUT2D eigenvalue weighted by Gasteiger charge is 2.25. The summed E-state index contributed by atoms with van der Waals surface area (Å²) in [7, 11) is 0. The van der Waals surface area contributed by atoms with Gasteiger partial charge in [-0.15, -0.1) is 0 Å². The number of nitrogens with zero attached hydrogens (tertiary/aromatic N) is 3. The van der Waals surface area contributed by atoms with Crippen LogP contribution in [0.2, 0.25) is 0 Å². The van der Waals surface area contributed by atoms with Crippen LogP contribution in [0.3, 0.4) is 0 Å². The van der Waals surface area contributed by atoms with Crippen molar-refractivity contribution in [2.75, 3.05) is 4.90 Å². The minimum atomic E-state index is 0.405. The SMILES string of the molecule is CC1CCc2ccccc2N1c1nccc(CN)n1. The van der Waals surface area contributed by atoms with Crippen LogP contribution in [0.1, 0.15) is 24.6 Å². The van der Waals surface area contributed by atoms with Crippen molar-refractivity contribution in [2.45, 2.75) is 32.4 Å². The molecule has 0 amide bonds. The van der Waals surface area contributed by atoms with Gasteiger partial charge in [0.25, 0.3) is 0 Å². The normalized spacial score (nSPS) is 18.2. The summed E-state index contributed by atoms with van der Waals surface area (Å²) in [4.78, 5) is 11.2. The van der Waals surface area contributed by atoms with Gasteiger partial charge in [0.2, 0.25) is 5.95 Å². The number of hydrogen-bond acceptors (Lipinski definition) is 4. The zero-order valence-electron chi connectivity index (χ0n) is 11.1. The third kappa shape index (κ3) is 2.19. The van der Waals surface area contributed by atoms with Crippen molar-refractivity contribution in [3.63, 3.8) is 0 Å². The highest BCUT2D eigenvalue weighted by molar-refractivity contribution is 5.64. The van der Waals surface area contributed by atoms with Gasteiger partial charge < -0.3 is 10.6 Å². The molecule has 0 saturated carbocycles. The average molecular weight is 254 g/mol. The van der Waals surface area contributed by atoms with E-state index in [1.54, 1.807) is 6.20 Å². The van der Waals surface area contributed by atoms with Gasteiger partial charge in [-0.25, -0.2) is 9.97 Å². The molecule has 4 nitrogen and oxygen atoms in total. The summed E-state index contributed by atoms with van der Waals surface area (Å²) >= 11 is 0. The predicted octanol–water partition coefficient (Wildman–Crippen LogP) is 2.41. The molecular formula is C15H18N4. The van der Waals surface area contributed by atoms with Crippen molar-refractivity contribution >= 4 is 11.6 Å². The molecule has 0 spiro atoms. The first-order valence-electron chi connectivity index (χ1n) is 6.68. The highest BCUT2D eigenvalue weighted by Crippen LogP contribution is 2.34. The van der Waals surface area contributed by atoms with Crippen LogP contribution in [-0.2, 0) is 13.0 Å². The van der Waals surface area contributed by atoms with Crippen LogP contribution in [-0.4, -0.2) is 16.0 Å². The summed E-state index contributed by atoms with van der Waals surface area (Å²) in [6.07, 6.45) is 4.02. The molecule has 1 aromatic heterocycles. The second kappa shape index (κ2) is 4.97. The lowest BCUT2D eigenvalue weighted by atomic mass is 9.97. The predicted molar refractivity (Wildman–Crippen MR) is 76.3 cm³/mol.